The number of aliphatic imine (C=N–C) groups is 1. The molecule has 0 fully saturated rings. The highest BCUT2D eigenvalue weighted by molar-refractivity contribution is 5.91. The summed E-state index contributed by atoms with van der Waals surface area (Å²) in [5, 5.41) is 2.78. The largest absolute Gasteiger partial charge is 0.484 e. The van der Waals surface area contributed by atoms with Gasteiger partial charge in [-0.15, -0.1) is 0 Å². The van der Waals surface area contributed by atoms with E-state index in [0.29, 0.717) is 5.75 Å². The normalized spacial score (nSPS) is 10.6. The van der Waals surface area contributed by atoms with Gasteiger partial charge >= 0.3 is 0 Å². The first-order valence-electron chi connectivity index (χ1n) is 7.96. The van der Waals surface area contributed by atoms with Crippen LogP contribution in [0, 0.1) is 0 Å². The average Bonchev–Trinajstić information content (AvgIpc) is 2.67. The van der Waals surface area contributed by atoms with Gasteiger partial charge in [-0.05, 0) is 54.1 Å². The summed E-state index contributed by atoms with van der Waals surface area (Å²) in [5.74, 6) is 0.445. The van der Waals surface area contributed by atoms with Crippen LogP contribution in [0.2, 0.25) is 0 Å². The number of benzene rings is 3. The van der Waals surface area contributed by atoms with E-state index in [-0.39, 0.29) is 12.5 Å². The van der Waals surface area contributed by atoms with Crippen LogP contribution in [-0.4, -0.2) is 18.7 Å². The molecular formula is C21H18N2O2. The summed E-state index contributed by atoms with van der Waals surface area (Å²) in [6, 6.07) is 26.5. The molecule has 0 unspecified atom stereocenters. The van der Waals surface area contributed by atoms with E-state index < -0.39 is 0 Å². The Hall–Kier alpha value is -3.40. The van der Waals surface area contributed by atoms with Gasteiger partial charge in [-0.2, -0.15) is 0 Å². The molecule has 0 radical (unpaired) electrons. The summed E-state index contributed by atoms with van der Waals surface area (Å²) in [4.78, 5) is 16.3. The van der Waals surface area contributed by atoms with Crippen molar-refractivity contribution in [3.05, 3.63) is 90.5 Å². The highest BCUT2D eigenvalue weighted by Gasteiger charge is 2.03. The van der Waals surface area contributed by atoms with Crippen LogP contribution >= 0.6 is 0 Å². The van der Waals surface area contributed by atoms with Gasteiger partial charge in [0.1, 0.15) is 5.75 Å². The highest BCUT2D eigenvalue weighted by atomic mass is 16.5. The molecule has 0 bridgehead atoms. The van der Waals surface area contributed by atoms with Crippen LogP contribution in [0.25, 0.3) is 0 Å². The van der Waals surface area contributed by atoms with Crippen molar-refractivity contribution in [1.29, 1.82) is 0 Å². The fraction of sp³-hybridized carbons (Fsp3) is 0.0476. The van der Waals surface area contributed by atoms with Crippen LogP contribution in [0.1, 0.15) is 5.56 Å². The minimum Gasteiger partial charge on any atom is -0.484 e. The van der Waals surface area contributed by atoms with Gasteiger partial charge < -0.3 is 10.1 Å². The summed E-state index contributed by atoms with van der Waals surface area (Å²) in [6.07, 6.45) is 1.79. The summed E-state index contributed by atoms with van der Waals surface area (Å²) in [5.41, 5.74) is 2.62. The number of anilines is 1. The molecule has 0 atom stereocenters. The number of hydrogen-bond acceptors (Lipinski definition) is 3. The lowest BCUT2D eigenvalue weighted by molar-refractivity contribution is -0.118. The van der Waals surface area contributed by atoms with Crippen LogP contribution in [-0.2, 0) is 4.79 Å². The molecule has 1 amide bonds. The molecule has 3 aromatic rings. The maximum absolute atomic E-state index is 11.9. The van der Waals surface area contributed by atoms with Crippen LogP contribution < -0.4 is 10.1 Å². The molecule has 3 rings (SSSR count). The van der Waals surface area contributed by atoms with E-state index in [1.165, 1.54) is 0 Å². The third-order valence-electron chi connectivity index (χ3n) is 3.43. The zero-order chi connectivity index (χ0) is 17.3. The first kappa shape index (κ1) is 16.5. The molecule has 0 heterocycles. The second kappa shape index (κ2) is 8.45. The van der Waals surface area contributed by atoms with Crippen molar-refractivity contribution in [2.45, 2.75) is 0 Å². The average molecular weight is 330 g/mol. The van der Waals surface area contributed by atoms with E-state index in [4.69, 9.17) is 4.74 Å². The zero-order valence-electron chi connectivity index (χ0n) is 13.6. The Kier molecular flexibility index (Phi) is 5.56. The molecular weight excluding hydrogens is 312 g/mol. The van der Waals surface area contributed by atoms with E-state index in [1.54, 1.807) is 6.21 Å². The standard InChI is InChI=1S/C21H18N2O2/c24-21(23-19-9-5-2-6-10-19)16-25-20-13-11-17(12-14-20)15-22-18-7-3-1-4-8-18/h1-15H,16H2,(H,23,24). The minimum atomic E-state index is -0.194. The lowest BCUT2D eigenvalue weighted by atomic mass is 10.2. The van der Waals surface area contributed by atoms with Crippen LogP contribution in [0.4, 0.5) is 11.4 Å². The fourth-order valence-corrected chi connectivity index (χ4v) is 2.18. The van der Waals surface area contributed by atoms with Gasteiger partial charge in [0.2, 0.25) is 0 Å². The number of nitrogens with one attached hydrogen (secondary N) is 1. The maximum atomic E-state index is 11.9. The topological polar surface area (TPSA) is 50.7 Å². The van der Waals surface area contributed by atoms with Crippen molar-refractivity contribution in [3.63, 3.8) is 0 Å². The number of para-hydroxylation sites is 2. The molecule has 4 nitrogen and oxygen atoms in total. The first-order chi connectivity index (χ1) is 12.3. The van der Waals surface area contributed by atoms with E-state index in [9.17, 15) is 4.79 Å². The summed E-state index contributed by atoms with van der Waals surface area (Å²) in [6.45, 7) is -0.0354. The van der Waals surface area contributed by atoms with Gasteiger partial charge in [-0.1, -0.05) is 36.4 Å². The molecule has 25 heavy (non-hydrogen) atoms. The van der Waals surface area contributed by atoms with Gasteiger partial charge in [0.25, 0.3) is 5.91 Å². The van der Waals surface area contributed by atoms with Crippen LogP contribution in [0.15, 0.2) is 89.9 Å². The number of nitrogens with zero attached hydrogens (tertiary/aromatic N) is 1. The van der Waals surface area contributed by atoms with Gasteiger partial charge in [-0.25, -0.2) is 0 Å². The predicted molar refractivity (Wildman–Crippen MR) is 101 cm³/mol. The van der Waals surface area contributed by atoms with Crippen molar-refractivity contribution < 1.29 is 9.53 Å². The third kappa shape index (κ3) is 5.32. The third-order valence-corrected chi connectivity index (χ3v) is 3.43. The number of amides is 1. The number of carbonyl (C=O) groups is 1. The van der Waals surface area contributed by atoms with Gasteiger partial charge in [0.15, 0.2) is 6.61 Å². The molecule has 0 aliphatic heterocycles. The van der Waals surface area contributed by atoms with Crippen molar-refractivity contribution in [2.75, 3.05) is 11.9 Å². The quantitative estimate of drug-likeness (QED) is 0.679. The molecule has 0 saturated heterocycles. The highest BCUT2D eigenvalue weighted by Crippen LogP contribution is 2.14. The minimum absolute atomic E-state index is 0.0354. The summed E-state index contributed by atoms with van der Waals surface area (Å²) in [7, 11) is 0. The van der Waals surface area contributed by atoms with Gasteiger partial charge in [0, 0.05) is 11.9 Å². The zero-order valence-corrected chi connectivity index (χ0v) is 13.6. The molecule has 1 N–H and O–H groups in total. The molecule has 0 spiro atoms. The molecule has 0 aliphatic rings. The monoisotopic (exact) mass is 330 g/mol. The van der Waals surface area contributed by atoms with Gasteiger partial charge in [0.05, 0.1) is 5.69 Å². The summed E-state index contributed by atoms with van der Waals surface area (Å²) < 4.78 is 5.50. The Morgan fingerprint density at radius 2 is 1.52 bits per heavy atom. The number of ether oxygens (including phenoxy) is 1. The van der Waals surface area contributed by atoms with E-state index in [0.717, 1.165) is 16.9 Å². The molecule has 3 aromatic carbocycles. The predicted octanol–water partition coefficient (Wildman–Crippen LogP) is 4.45. The Labute approximate surface area is 146 Å². The first-order valence-corrected chi connectivity index (χ1v) is 7.96. The molecule has 0 saturated carbocycles. The second-order valence-corrected chi connectivity index (χ2v) is 5.37. The van der Waals surface area contributed by atoms with Gasteiger partial charge in [-0.3, -0.25) is 9.79 Å². The van der Waals surface area contributed by atoms with Crippen LogP contribution in [0.5, 0.6) is 5.75 Å². The Bertz CT molecular complexity index is 829. The number of hydrogen-bond donors (Lipinski definition) is 1. The van der Waals surface area contributed by atoms with Crippen molar-refractivity contribution >= 4 is 23.5 Å². The SMILES string of the molecule is O=C(COc1ccc(C=Nc2ccccc2)cc1)Nc1ccccc1. The Balaban J connectivity index is 1.51. The lowest BCUT2D eigenvalue weighted by Gasteiger charge is -2.07. The maximum Gasteiger partial charge on any atom is 0.262 e. The van der Waals surface area contributed by atoms with E-state index in [2.05, 4.69) is 10.3 Å². The summed E-state index contributed by atoms with van der Waals surface area (Å²) >= 11 is 0. The van der Waals surface area contributed by atoms with Crippen molar-refractivity contribution in [2.24, 2.45) is 4.99 Å². The molecule has 4 heteroatoms. The van der Waals surface area contributed by atoms with Crippen LogP contribution in [0.3, 0.4) is 0 Å². The number of rotatable bonds is 6. The Morgan fingerprint density at radius 1 is 0.880 bits per heavy atom. The van der Waals surface area contributed by atoms with Crippen molar-refractivity contribution in [3.8, 4) is 5.75 Å². The van der Waals surface area contributed by atoms with E-state index in [1.807, 2.05) is 84.9 Å². The molecule has 0 aromatic heterocycles. The fourth-order valence-electron chi connectivity index (χ4n) is 2.18. The molecule has 124 valence electrons. The van der Waals surface area contributed by atoms with Crippen molar-refractivity contribution in [1.82, 2.24) is 0 Å². The van der Waals surface area contributed by atoms with E-state index >= 15 is 0 Å². The lowest BCUT2D eigenvalue weighted by Crippen LogP contribution is -2.20. The second-order valence-electron chi connectivity index (χ2n) is 5.37. The smallest absolute Gasteiger partial charge is 0.262 e. The molecule has 0 aliphatic carbocycles. The Morgan fingerprint density at radius 3 is 2.20 bits per heavy atom. The number of carbonyl (C=O) groups excluding carboxylic acids is 1.